The molecule has 0 spiro atoms. The van der Waals surface area contributed by atoms with Crippen molar-refractivity contribution in [2.45, 2.75) is 83.1 Å². The van der Waals surface area contributed by atoms with Gasteiger partial charge >= 0.3 is 0 Å². The second-order valence-corrected chi connectivity index (χ2v) is 5.72. The minimum Gasteiger partial charge on any atom is -0.353 e. The standard InChI is InChI=1S/C17H29NO2/c19-15-11-9-7-5-3-1-2-4-6-8-10-12-17(20)18-16-13-14-16/h4,6,15-16H,1-3,5,7-14H2,(H,18,20). The number of hydrogen-bond donors (Lipinski definition) is 1. The highest BCUT2D eigenvalue weighted by Crippen LogP contribution is 2.18. The summed E-state index contributed by atoms with van der Waals surface area (Å²) < 4.78 is 0. The fourth-order valence-corrected chi connectivity index (χ4v) is 2.16. The third-order valence-electron chi connectivity index (χ3n) is 3.58. The molecule has 0 bridgehead atoms. The SMILES string of the molecule is O=CCCCCCCCC=CCCCC(=O)NC1CC1. The number of carbonyl (C=O) groups is 2. The van der Waals surface area contributed by atoms with Gasteiger partial charge in [0.15, 0.2) is 0 Å². The number of allylic oxidation sites excluding steroid dienone is 2. The molecule has 3 nitrogen and oxygen atoms in total. The molecule has 1 saturated carbocycles. The second-order valence-electron chi connectivity index (χ2n) is 5.72. The predicted octanol–water partition coefficient (Wildman–Crippen LogP) is 3.92. The topological polar surface area (TPSA) is 46.2 Å². The molecule has 0 atom stereocenters. The lowest BCUT2D eigenvalue weighted by molar-refractivity contribution is -0.121. The molecular weight excluding hydrogens is 250 g/mol. The van der Waals surface area contributed by atoms with E-state index in [-0.39, 0.29) is 5.91 Å². The molecule has 1 rings (SSSR count). The van der Waals surface area contributed by atoms with Gasteiger partial charge in [-0.2, -0.15) is 0 Å². The van der Waals surface area contributed by atoms with Crippen molar-refractivity contribution in [1.29, 1.82) is 0 Å². The second kappa shape index (κ2) is 11.7. The number of nitrogens with one attached hydrogen (secondary N) is 1. The lowest BCUT2D eigenvalue weighted by Gasteiger charge is -2.01. The Balaban J connectivity index is 1.77. The molecule has 0 aromatic heterocycles. The van der Waals surface area contributed by atoms with Crippen LogP contribution in [0.15, 0.2) is 12.2 Å². The minimum atomic E-state index is 0.219. The van der Waals surface area contributed by atoms with Gasteiger partial charge in [-0.1, -0.05) is 31.4 Å². The first-order valence-corrected chi connectivity index (χ1v) is 8.21. The van der Waals surface area contributed by atoms with E-state index in [1.54, 1.807) is 0 Å². The van der Waals surface area contributed by atoms with Gasteiger partial charge in [0.1, 0.15) is 6.29 Å². The average Bonchev–Trinajstić information content (AvgIpc) is 3.24. The summed E-state index contributed by atoms with van der Waals surface area (Å²) in [6, 6.07) is 0.490. The Bertz CT molecular complexity index is 295. The van der Waals surface area contributed by atoms with Crippen LogP contribution in [0.5, 0.6) is 0 Å². The molecule has 0 saturated heterocycles. The Morgan fingerprint density at radius 1 is 0.900 bits per heavy atom. The maximum Gasteiger partial charge on any atom is 0.220 e. The van der Waals surface area contributed by atoms with E-state index in [1.807, 2.05) is 0 Å². The van der Waals surface area contributed by atoms with Crippen LogP contribution in [0.25, 0.3) is 0 Å². The van der Waals surface area contributed by atoms with Crippen molar-refractivity contribution in [3.63, 3.8) is 0 Å². The van der Waals surface area contributed by atoms with E-state index in [0.29, 0.717) is 18.9 Å². The van der Waals surface area contributed by atoms with Crippen molar-refractivity contribution in [1.82, 2.24) is 5.32 Å². The van der Waals surface area contributed by atoms with Gasteiger partial charge in [-0.05, 0) is 44.9 Å². The molecule has 0 aliphatic heterocycles. The first kappa shape index (κ1) is 16.9. The van der Waals surface area contributed by atoms with Gasteiger partial charge in [0.05, 0.1) is 0 Å². The van der Waals surface area contributed by atoms with Crippen LogP contribution in [-0.4, -0.2) is 18.2 Å². The fraction of sp³-hybridized carbons (Fsp3) is 0.765. The summed E-state index contributed by atoms with van der Waals surface area (Å²) in [5.74, 6) is 0.219. The van der Waals surface area contributed by atoms with E-state index in [2.05, 4.69) is 17.5 Å². The van der Waals surface area contributed by atoms with Crippen LogP contribution in [0, 0.1) is 0 Å². The number of aldehydes is 1. The summed E-state index contributed by atoms with van der Waals surface area (Å²) in [6.45, 7) is 0. The highest BCUT2D eigenvalue weighted by Gasteiger charge is 2.22. The average molecular weight is 279 g/mol. The van der Waals surface area contributed by atoms with E-state index in [4.69, 9.17) is 0 Å². The zero-order valence-electron chi connectivity index (χ0n) is 12.6. The van der Waals surface area contributed by atoms with Gasteiger partial charge in [-0.3, -0.25) is 4.79 Å². The van der Waals surface area contributed by atoms with Gasteiger partial charge in [0, 0.05) is 18.9 Å². The maximum atomic E-state index is 11.4. The Labute approximate surface area is 123 Å². The quantitative estimate of drug-likeness (QED) is 0.315. The molecule has 114 valence electrons. The van der Waals surface area contributed by atoms with Gasteiger partial charge in [-0.15, -0.1) is 0 Å². The van der Waals surface area contributed by atoms with Crippen molar-refractivity contribution >= 4 is 12.2 Å². The molecule has 3 heteroatoms. The van der Waals surface area contributed by atoms with Crippen LogP contribution in [0.3, 0.4) is 0 Å². The van der Waals surface area contributed by atoms with E-state index in [1.165, 1.54) is 38.5 Å². The monoisotopic (exact) mass is 279 g/mol. The number of rotatable bonds is 13. The molecule has 1 aliphatic carbocycles. The summed E-state index contributed by atoms with van der Waals surface area (Å²) in [4.78, 5) is 21.5. The zero-order valence-corrected chi connectivity index (χ0v) is 12.6. The summed E-state index contributed by atoms with van der Waals surface area (Å²) in [6.07, 6.45) is 18.2. The van der Waals surface area contributed by atoms with Crippen molar-refractivity contribution in [3.8, 4) is 0 Å². The molecule has 0 radical (unpaired) electrons. The fourth-order valence-electron chi connectivity index (χ4n) is 2.16. The van der Waals surface area contributed by atoms with Gasteiger partial charge < -0.3 is 10.1 Å². The lowest BCUT2D eigenvalue weighted by atomic mass is 10.1. The summed E-state index contributed by atoms with van der Waals surface area (Å²) in [5.41, 5.74) is 0. The molecule has 1 aliphatic rings. The van der Waals surface area contributed by atoms with Crippen molar-refractivity contribution in [2.24, 2.45) is 0 Å². The van der Waals surface area contributed by atoms with E-state index in [9.17, 15) is 9.59 Å². The van der Waals surface area contributed by atoms with Crippen molar-refractivity contribution in [2.75, 3.05) is 0 Å². The normalized spacial score (nSPS) is 14.6. The van der Waals surface area contributed by atoms with Crippen molar-refractivity contribution < 1.29 is 9.59 Å². The first-order chi connectivity index (χ1) is 9.83. The van der Waals surface area contributed by atoms with Gasteiger partial charge in [-0.25, -0.2) is 0 Å². The van der Waals surface area contributed by atoms with Gasteiger partial charge in [0.2, 0.25) is 5.91 Å². The predicted molar refractivity (Wildman–Crippen MR) is 82.5 cm³/mol. The van der Waals surface area contributed by atoms with Crippen molar-refractivity contribution in [3.05, 3.63) is 12.2 Å². The smallest absolute Gasteiger partial charge is 0.220 e. The molecule has 0 heterocycles. The molecule has 0 aromatic carbocycles. The third-order valence-corrected chi connectivity index (χ3v) is 3.58. The molecule has 20 heavy (non-hydrogen) atoms. The Morgan fingerprint density at radius 3 is 2.15 bits per heavy atom. The lowest BCUT2D eigenvalue weighted by Crippen LogP contribution is -2.24. The summed E-state index contributed by atoms with van der Waals surface area (Å²) in [7, 11) is 0. The van der Waals surface area contributed by atoms with E-state index >= 15 is 0 Å². The molecule has 1 N–H and O–H groups in total. The number of carbonyl (C=O) groups excluding carboxylic acids is 2. The highest BCUT2D eigenvalue weighted by molar-refractivity contribution is 5.76. The molecule has 1 fully saturated rings. The Hall–Kier alpha value is -1.12. The van der Waals surface area contributed by atoms with Crippen LogP contribution >= 0.6 is 0 Å². The Kier molecular flexibility index (Phi) is 9.89. The molecule has 1 amide bonds. The first-order valence-electron chi connectivity index (χ1n) is 8.21. The number of unbranched alkanes of at least 4 members (excludes halogenated alkanes) is 7. The van der Waals surface area contributed by atoms with Crippen LogP contribution in [-0.2, 0) is 9.59 Å². The minimum absolute atomic E-state index is 0.219. The summed E-state index contributed by atoms with van der Waals surface area (Å²) in [5, 5.41) is 3.01. The zero-order chi connectivity index (χ0) is 14.5. The third kappa shape index (κ3) is 10.8. The molecule has 0 aromatic rings. The van der Waals surface area contributed by atoms with E-state index < -0.39 is 0 Å². The van der Waals surface area contributed by atoms with E-state index in [0.717, 1.165) is 32.0 Å². The van der Waals surface area contributed by atoms with Crippen LogP contribution in [0.4, 0.5) is 0 Å². The molecular formula is C17H29NO2. The highest BCUT2D eigenvalue weighted by atomic mass is 16.1. The molecule has 0 unspecified atom stereocenters. The van der Waals surface area contributed by atoms with Crippen LogP contribution in [0.1, 0.15) is 77.0 Å². The number of hydrogen-bond acceptors (Lipinski definition) is 2. The number of amides is 1. The summed E-state index contributed by atoms with van der Waals surface area (Å²) >= 11 is 0. The maximum absolute atomic E-state index is 11.4. The Morgan fingerprint density at radius 2 is 1.50 bits per heavy atom. The van der Waals surface area contributed by atoms with Gasteiger partial charge in [0.25, 0.3) is 0 Å². The van der Waals surface area contributed by atoms with Crippen LogP contribution < -0.4 is 5.32 Å². The largest absolute Gasteiger partial charge is 0.353 e. The van der Waals surface area contributed by atoms with Crippen LogP contribution in [0.2, 0.25) is 0 Å².